The summed E-state index contributed by atoms with van der Waals surface area (Å²) in [6.45, 7) is 2.22. The first-order chi connectivity index (χ1) is 14.5. The van der Waals surface area contributed by atoms with Gasteiger partial charge in [0.1, 0.15) is 0 Å². The third-order valence-corrected chi connectivity index (χ3v) is 5.62. The van der Waals surface area contributed by atoms with Crippen molar-refractivity contribution in [1.82, 2.24) is 14.8 Å². The van der Waals surface area contributed by atoms with E-state index in [1.54, 1.807) is 42.3 Å². The molecular weight excluding hydrogens is 406 g/mol. The summed E-state index contributed by atoms with van der Waals surface area (Å²) in [6, 6.07) is 7.32. The molecule has 2 heterocycles. The van der Waals surface area contributed by atoms with Crippen molar-refractivity contribution < 1.29 is 18.7 Å². The number of rotatable bonds is 8. The number of likely N-dealkylation sites (tertiary alicyclic amines) is 1. The molecule has 8 heteroatoms. The van der Waals surface area contributed by atoms with E-state index in [-0.39, 0.29) is 17.7 Å². The van der Waals surface area contributed by atoms with Gasteiger partial charge in [-0.2, -0.15) is 0 Å². The van der Waals surface area contributed by atoms with Crippen molar-refractivity contribution in [1.29, 1.82) is 0 Å². The number of oxazole rings is 1. The zero-order valence-electron chi connectivity index (χ0n) is 17.5. The van der Waals surface area contributed by atoms with Crippen LogP contribution in [-0.2, 0) is 20.7 Å². The van der Waals surface area contributed by atoms with Crippen LogP contribution >= 0.6 is 11.6 Å². The number of carbonyl (C=O) groups excluding carboxylic acids is 2. The van der Waals surface area contributed by atoms with Gasteiger partial charge in [-0.1, -0.05) is 11.6 Å². The number of benzene rings is 1. The molecule has 1 fully saturated rings. The Morgan fingerprint density at radius 1 is 1.33 bits per heavy atom. The third kappa shape index (κ3) is 5.83. The van der Waals surface area contributed by atoms with E-state index >= 15 is 0 Å². The Balaban J connectivity index is 1.51. The van der Waals surface area contributed by atoms with Crippen LogP contribution in [0.5, 0.6) is 0 Å². The fourth-order valence-electron chi connectivity index (χ4n) is 3.60. The monoisotopic (exact) mass is 433 g/mol. The largest absolute Gasteiger partial charge is 0.441 e. The Bertz CT molecular complexity index is 852. The van der Waals surface area contributed by atoms with Gasteiger partial charge >= 0.3 is 0 Å². The Morgan fingerprint density at radius 3 is 2.83 bits per heavy atom. The molecule has 1 aromatic heterocycles. The van der Waals surface area contributed by atoms with Gasteiger partial charge in [-0.05, 0) is 37.1 Å². The molecule has 0 saturated carbocycles. The highest BCUT2D eigenvalue weighted by molar-refractivity contribution is 6.30. The van der Waals surface area contributed by atoms with Crippen LogP contribution in [0.25, 0.3) is 11.3 Å². The maximum Gasteiger partial charge on any atom is 0.227 e. The van der Waals surface area contributed by atoms with Gasteiger partial charge in [-0.25, -0.2) is 4.98 Å². The fraction of sp³-hybridized carbons (Fsp3) is 0.500. The molecule has 0 spiro atoms. The summed E-state index contributed by atoms with van der Waals surface area (Å²) < 4.78 is 10.8. The van der Waals surface area contributed by atoms with Crippen molar-refractivity contribution in [3.05, 3.63) is 41.4 Å². The van der Waals surface area contributed by atoms with Crippen molar-refractivity contribution >= 4 is 23.4 Å². The zero-order chi connectivity index (χ0) is 21.5. The molecular formula is C22H28ClN3O4. The van der Waals surface area contributed by atoms with Gasteiger partial charge < -0.3 is 19.0 Å². The van der Waals surface area contributed by atoms with E-state index in [1.807, 2.05) is 12.1 Å². The highest BCUT2D eigenvalue weighted by atomic mass is 35.5. The Morgan fingerprint density at radius 2 is 2.10 bits per heavy atom. The first kappa shape index (κ1) is 22.3. The molecule has 0 bridgehead atoms. The number of hydrogen-bond donors (Lipinski definition) is 0. The molecule has 0 unspecified atom stereocenters. The van der Waals surface area contributed by atoms with Crippen molar-refractivity contribution in [2.24, 2.45) is 5.92 Å². The molecule has 2 aromatic rings. The van der Waals surface area contributed by atoms with Gasteiger partial charge in [-0.15, -0.1) is 0 Å². The van der Waals surface area contributed by atoms with Crippen LogP contribution in [0.2, 0.25) is 5.02 Å². The van der Waals surface area contributed by atoms with Gasteiger partial charge in [0, 0.05) is 57.2 Å². The Labute approximate surface area is 182 Å². The molecule has 0 N–H and O–H groups in total. The van der Waals surface area contributed by atoms with Gasteiger partial charge in [0.15, 0.2) is 11.7 Å². The second kappa shape index (κ2) is 10.6. The normalized spacial score (nSPS) is 16.5. The lowest BCUT2D eigenvalue weighted by molar-refractivity contribution is -0.140. The van der Waals surface area contributed by atoms with Crippen LogP contribution in [-0.4, -0.2) is 67.0 Å². The molecule has 2 amide bonds. The summed E-state index contributed by atoms with van der Waals surface area (Å²) in [6.07, 6.45) is 4.04. The first-order valence-corrected chi connectivity index (χ1v) is 10.6. The van der Waals surface area contributed by atoms with Crippen LogP contribution in [0.1, 0.15) is 25.2 Å². The first-order valence-electron chi connectivity index (χ1n) is 10.2. The number of likely N-dealkylation sites (N-methyl/N-ethyl adjacent to an activating group) is 1. The molecule has 3 rings (SSSR count). The molecule has 0 aliphatic carbocycles. The molecule has 162 valence electrons. The minimum absolute atomic E-state index is 0.0262. The van der Waals surface area contributed by atoms with Gasteiger partial charge in [0.05, 0.1) is 18.7 Å². The van der Waals surface area contributed by atoms with Crippen LogP contribution < -0.4 is 0 Å². The lowest BCUT2D eigenvalue weighted by Gasteiger charge is -2.34. The van der Waals surface area contributed by atoms with E-state index in [4.69, 9.17) is 20.8 Å². The van der Waals surface area contributed by atoms with Gasteiger partial charge in [0.2, 0.25) is 11.8 Å². The Kier molecular flexibility index (Phi) is 7.87. The predicted octanol–water partition coefficient (Wildman–Crippen LogP) is 3.27. The summed E-state index contributed by atoms with van der Waals surface area (Å²) in [4.78, 5) is 33.1. The number of ether oxygens (including phenoxy) is 1. The van der Waals surface area contributed by atoms with E-state index < -0.39 is 0 Å². The van der Waals surface area contributed by atoms with E-state index in [1.165, 1.54) is 0 Å². The van der Waals surface area contributed by atoms with E-state index in [0.29, 0.717) is 55.8 Å². The molecule has 1 aromatic carbocycles. The van der Waals surface area contributed by atoms with Crippen molar-refractivity contribution in [3.8, 4) is 11.3 Å². The molecule has 1 atom stereocenters. The van der Waals surface area contributed by atoms with Crippen molar-refractivity contribution in [2.75, 3.05) is 40.4 Å². The number of amides is 2. The van der Waals surface area contributed by atoms with Crippen LogP contribution in [0.3, 0.4) is 0 Å². The molecule has 1 saturated heterocycles. The van der Waals surface area contributed by atoms with E-state index in [0.717, 1.165) is 18.4 Å². The number of halogens is 1. The lowest BCUT2D eigenvalue weighted by Crippen LogP contribution is -2.46. The molecule has 7 nitrogen and oxygen atoms in total. The van der Waals surface area contributed by atoms with E-state index in [2.05, 4.69) is 4.98 Å². The maximum absolute atomic E-state index is 12.7. The Hall–Kier alpha value is -2.38. The number of nitrogens with zero attached hydrogens (tertiary/aromatic N) is 3. The van der Waals surface area contributed by atoms with Gasteiger partial charge in [0.25, 0.3) is 0 Å². The standard InChI is InChI=1S/C22H28ClN3O4/c1-25(12-13-29-2)22(28)17-4-3-11-26(15-17)21(27)10-9-20-24-14-19(30-20)16-5-7-18(23)8-6-16/h5-8,14,17H,3-4,9-13,15H2,1-2H3/t17-/m1/s1. The zero-order valence-corrected chi connectivity index (χ0v) is 18.2. The highest BCUT2D eigenvalue weighted by Crippen LogP contribution is 2.23. The minimum Gasteiger partial charge on any atom is -0.441 e. The second-order valence-corrected chi connectivity index (χ2v) is 7.99. The highest BCUT2D eigenvalue weighted by Gasteiger charge is 2.30. The second-order valence-electron chi connectivity index (χ2n) is 7.56. The quantitative estimate of drug-likeness (QED) is 0.638. The molecule has 1 aliphatic heterocycles. The lowest BCUT2D eigenvalue weighted by atomic mass is 9.96. The fourth-order valence-corrected chi connectivity index (χ4v) is 3.73. The summed E-state index contributed by atoms with van der Waals surface area (Å²) in [7, 11) is 3.40. The molecule has 30 heavy (non-hydrogen) atoms. The van der Waals surface area contributed by atoms with Crippen molar-refractivity contribution in [3.63, 3.8) is 0 Å². The van der Waals surface area contributed by atoms with Crippen molar-refractivity contribution in [2.45, 2.75) is 25.7 Å². The van der Waals surface area contributed by atoms with Crippen LogP contribution in [0.15, 0.2) is 34.9 Å². The summed E-state index contributed by atoms with van der Waals surface area (Å²) in [5, 5.41) is 0.660. The van der Waals surface area contributed by atoms with Gasteiger partial charge in [-0.3, -0.25) is 9.59 Å². The summed E-state index contributed by atoms with van der Waals surface area (Å²) in [5.74, 6) is 1.13. The minimum atomic E-state index is -0.150. The number of aromatic nitrogens is 1. The number of hydrogen-bond acceptors (Lipinski definition) is 5. The van der Waals surface area contributed by atoms with E-state index in [9.17, 15) is 9.59 Å². The molecule has 1 aliphatic rings. The van der Waals surface area contributed by atoms with Crippen LogP contribution in [0.4, 0.5) is 0 Å². The average molecular weight is 434 g/mol. The smallest absolute Gasteiger partial charge is 0.227 e. The third-order valence-electron chi connectivity index (χ3n) is 5.37. The SMILES string of the molecule is COCCN(C)C(=O)[C@@H]1CCCN(C(=O)CCc2ncc(-c3ccc(Cl)cc3)o2)C1. The number of piperidine rings is 1. The maximum atomic E-state index is 12.7. The topological polar surface area (TPSA) is 75.9 Å². The number of methoxy groups -OCH3 is 1. The summed E-state index contributed by atoms with van der Waals surface area (Å²) in [5.41, 5.74) is 0.888. The average Bonchev–Trinajstić information content (AvgIpc) is 3.25. The predicted molar refractivity (Wildman–Crippen MR) is 114 cm³/mol. The van der Waals surface area contributed by atoms with Crippen LogP contribution in [0, 0.1) is 5.92 Å². The number of aryl methyl sites for hydroxylation is 1. The summed E-state index contributed by atoms with van der Waals surface area (Å²) >= 11 is 5.91. The molecule has 0 radical (unpaired) electrons. The number of carbonyl (C=O) groups is 2.